The molecule has 2 N–H and O–H groups in total. The molecular formula is C12H13ClN2O2S. The van der Waals surface area contributed by atoms with Crippen LogP contribution >= 0.6 is 23.4 Å². The molecule has 0 unspecified atom stereocenters. The van der Waals surface area contributed by atoms with Crippen molar-refractivity contribution in [3.05, 3.63) is 29.3 Å². The van der Waals surface area contributed by atoms with Crippen LogP contribution in [-0.2, 0) is 4.79 Å². The van der Waals surface area contributed by atoms with Crippen LogP contribution in [0.3, 0.4) is 0 Å². The van der Waals surface area contributed by atoms with Gasteiger partial charge in [0.1, 0.15) is 0 Å². The molecule has 0 saturated heterocycles. The smallest absolute Gasteiger partial charge is 0.321 e. The van der Waals surface area contributed by atoms with Gasteiger partial charge in [-0.2, -0.15) is 0 Å². The van der Waals surface area contributed by atoms with Gasteiger partial charge in [0.2, 0.25) is 5.91 Å². The van der Waals surface area contributed by atoms with E-state index in [4.69, 9.17) is 11.6 Å². The molecule has 3 amide bonds. The molecule has 2 rings (SSSR count). The number of halogens is 1. The highest BCUT2D eigenvalue weighted by Gasteiger charge is 2.23. The summed E-state index contributed by atoms with van der Waals surface area (Å²) in [5, 5.41) is 5.65. The zero-order valence-corrected chi connectivity index (χ0v) is 11.2. The number of thioether (sulfide) groups is 1. The van der Waals surface area contributed by atoms with Crippen molar-refractivity contribution in [1.29, 1.82) is 0 Å². The van der Waals surface area contributed by atoms with E-state index in [1.807, 2.05) is 12.1 Å². The molecule has 1 fully saturated rings. The monoisotopic (exact) mass is 284 g/mol. The maximum absolute atomic E-state index is 11.5. The van der Waals surface area contributed by atoms with Crippen molar-refractivity contribution < 1.29 is 9.59 Å². The number of urea groups is 1. The van der Waals surface area contributed by atoms with Crippen molar-refractivity contribution in [2.75, 3.05) is 5.75 Å². The number of benzene rings is 1. The van der Waals surface area contributed by atoms with Crippen molar-refractivity contribution in [2.45, 2.75) is 23.8 Å². The zero-order valence-electron chi connectivity index (χ0n) is 9.61. The summed E-state index contributed by atoms with van der Waals surface area (Å²) in [4.78, 5) is 23.7. The summed E-state index contributed by atoms with van der Waals surface area (Å²) in [6.45, 7) is 0. The topological polar surface area (TPSA) is 58.2 Å². The van der Waals surface area contributed by atoms with Crippen molar-refractivity contribution in [3.8, 4) is 0 Å². The standard InChI is InChI=1S/C12H13ClN2O2S/c13-8-1-5-10(6-2-8)18-7-11(16)15-12(17)14-9-3-4-9/h1-2,5-6,9H,3-4,7H2,(H2,14,15,16,17). The maximum Gasteiger partial charge on any atom is 0.321 e. The normalized spacial score (nSPS) is 14.1. The Morgan fingerprint density at radius 2 is 1.94 bits per heavy atom. The summed E-state index contributed by atoms with van der Waals surface area (Å²) in [7, 11) is 0. The van der Waals surface area contributed by atoms with Crippen LogP contribution < -0.4 is 10.6 Å². The lowest BCUT2D eigenvalue weighted by molar-refractivity contribution is -0.117. The molecule has 18 heavy (non-hydrogen) atoms. The first-order chi connectivity index (χ1) is 8.63. The highest BCUT2D eigenvalue weighted by molar-refractivity contribution is 8.00. The highest BCUT2D eigenvalue weighted by atomic mass is 35.5. The lowest BCUT2D eigenvalue weighted by atomic mass is 10.4. The van der Waals surface area contributed by atoms with E-state index >= 15 is 0 Å². The number of hydrogen-bond acceptors (Lipinski definition) is 3. The fourth-order valence-electron chi connectivity index (χ4n) is 1.29. The lowest BCUT2D eigenvalue weighted by Gasteiger charge is -2.05. The molecule has 0 bridgehead atoms. The molecule has 1 saturated carbocycles. The highest BCUT2D eigenvalue weighted by Crippen LogP contribution is 2.20. The van der Waals surface area contributed by atoms with E-state index < -0.39 is 6.03 Å². The Labute approximate surface area is 114 Å². The molecule has 6 heteroatoms. The third kappa shape index (κ3) is 4.58. The van der Waals surface area contributed by atoms with Crippen LogP contribution in [0, 0.1) is 0 Å². The molecule has 0 heterocycles. The van der Waals surface area contributed by atoms with Gasteiger partial charge in [-0.15, -0.1) is 11.8 Å². The molecular weight excluding hydrogens is 272 g/mol. The van der Waals surface area contributed by atoms with Crippen LogP contribution in [0.4, 0.5) is 4.79 Å². The fourth-order valence-corrected chi connectivity index (χ4v) is 2.12. The molecule has 1 aromatic rings. The second-order valence-electron chi connectivity index (χ2n) is 4.04. The van der Waals surface area contributed by atoms with Gasteiger partial charge in [-0.1, -0.05) is 11.6 Å². The molecule has 0 aliphatic heterocycles. The Morgan fingerprint density at radius 3 is 2.56 bits per heavy atom. The number of rotatable bonds is 4. The van der Waals surface area contributed by atoms with E-state index in [9.17, 15) is 9.59 Å². The van der Waals surface area contributed by atoms with E-state index in [0.29, 0.717) is 5.02 Å². The second-order valence-corrected chi connectivity index (χ2v) is 5.52. The lowest BCUT2D eigenvalue weighted by Crippen LogP contribution is -2.41. The predicted octanol–water partition coefficient (Wildman–Crippen LogP) is 2.42. The average molecular weight is 285 g/mol. The van der Waals surface area contributed by atoms with E-state index in [0.717, 1.165) is 17.7 Å². The van der Waals surface area contributed by atoms with Gasteiger partial charge in [0.15, 0.2) is 0 Å². The first kappa shape index (κ1) is 13.2. The molecule has 1 aromatic carbocycles. The number of hydrogen-bond donors (Lipinski definition) is 2. The zero-order chi connectivity index (χ0) is 13.0. The largest absolute Gasteiger partial charge is 0.335 e. The van der Waals surface area contributed by atoms with Gasteiger partial charge in [-0.25, -0.2) is 4.79 Å². The van der Waals surface area contributed by atoms with Crippen LogP contribution in [0.25, 0.3) is 0 Å². The Kier molecular flexibility index (Phi) is 4.49. The van der Waals surface area contributed by atoms with Gasteiger partial charge in [-0.3, -0.25) is 10.1 Å². The number of nitrogens with one attached hydrogen (secondary N) is 2. The summed E-state index contributed by atoms with van der Waals surface area (Å²) in [6.07, 6.45) is 2.00. The minimum Gasteiger partial charge on any atom is -0.335 e. The van der Waals surface area contributed by atoms with E-state index in [1.165, 1.54) is 11.8 Å². The van der Waals surface area contributed by atoms with Gasteiger partial charge in [0.25, 0.3) is 0 Å². The number of carbonyl (C=O) groups excluding carboxylic acids is 2. The fraction of sp³-hybridized carbons (Fsp3) is 0.333. The average Bonchev–Trinajstić information content (AvgIpc) is 3.12. The quantitative estimate of drug-likeness (QED) is 0.835. The number of carbonyl (C=O) groups is 2. The predicted molar refractivity (Wildman–Crippen MR) is 71.9 cm³/mol. The van der Waals surface area contributed by atoms with Gasteiger partial charge < -0.3 is 5.32 Å². The molecule has 1 aliphatic rings. The SMILES string of the molecule is O=C(CSc1ccc(Cl)cc1)NC(=O)NC1CC1. The van der Waals surface area contributed by atoms with Crippen LogP contribution in [0.5, 0.6) is 0 Å². The Bertz CT molecular complexity index is 446. The van der Waals surface area contributed by atoms with Gasteiger partial charge >= 0.3 is 6.03 Å². The van der Waals surface area contributed by atoms with Gasteiger partial charge in [-0.05, 0) is 37.1 Å². The first-order valence-electron chi connectivity index (χ1n) is 5.62. The van der Waals surface area contributed by atoms with E-state index in [-0.39, 0.29) is 17.7 Å². The van der Waals surface area contributed by atoms with E-state index in [2.05, 4.69) is 10.6 Å². The van der Waals surface area contributed by atoms with Gasteiger partial charge in [0.05, 0.1) is 5.75 Å². The summed E-state index contributed by atoms with van der Waals surface area (Å²) >= 11 is 7.12. The molecule has 4 nitrogen and oxygen atoms in total. The van der Waals surface area contributed by atoms with E-state index in [1.54, 1.807) is 12.1 Å². The Morgan fingerprint density at radius 1 is 1.28 bits per heavy atom. The summed E-state index contributed by atoms with van der Waals surface area (Å²) in [6, 6.07) is 7.05. The molecule has 0 spiro atoms. The van der Waals surface area contributed by atoms with Crippen LogP contribution in [0.1, 0.15) is 12.8 Å². The Balaban J connectivity index is 1.70. The Hall–Kier alpha value is -1.20. The van der Waals surface area contributed by atoms with Crippen molar-refractivity contribution >= 4 is 35.3 Å². The van der Waals surface area contributed by atoms with Crippen LogP contribution in [-0.4, -0.2) is 23.7 Å². The van der Waals surface area contributed by atoms with Crippen molar-refractivity contribution in [3.63, 3.8) is 0 Å². The third-order valence-electron chi connectivity index (χ3n) is 2.35. The van der Waals surface area contributed by atoms with Crippen molar-refractivity contribution in [1.82, 2.24) is 10.6 Å². The van der Waals surface area contributed by atoms with Gasteiger partial charge in [0, 0.05) is 16.0 Å². The summed E-state index contributed by atoms with van der Waals surface area (Å²) < 4.78 is 0. The third-order valence-corrected chi connectivity index (χ3v) is 3.61. The summed E-state index contributed by atoms with van der Waals surface area (Å²) in [5.74, 6) is -0.0900. The van der Waals surface area contributed by atoms with Crippen LogP contribution in [0.2, 0.25) is 5.02 Å². The minimum absolute atomic E-state index is 0.208. The molecule has 0 radical (unpaired) electrons. The molecule has 0 aromatic heterocycles. The number of amides is 3. The molecule has 1 aliphatic carbocycles. The maximum atomic E-state index is 11.5. The molecule has 96 valence electrons. The van der Waals surface area contributed by atoms with Crippen molar-refractivity contribution in [2.24, 2.45) is 0 Å². The minimum atomic E-state index is -0.404. The number of imide groups is 1. The van der Waals surface area contributed by atoms with Crippen LogP contribution in [0.15, 0.2) is 29.2 Å². The molecule has 0 atom stereocenters. The summed E-state index contributed by atoms with van der Waals surface area (Å²) in [5.41, 5.74) is 0. The second kappa shape index (κ2) is 6.11. The first-order valence-corrected chi connectivity index (χ1v) is 6.98.